The van der Waals surface area contributed by atoms with Crippen LogP contribution in [-0.2, 0) is 17.8 Å². The molecule has 188 valence electrons. The van der Waals surface area contributed by atoms with Gasteiger partial charge in [0.15, 0.2) is 0 Å². The van der Waals surface area contributed by atoms with E-state index in [1.54, 1.807) is 17.0 Å². The maximum absolute atomic E-state index is 13.3. The third kappa shape index (κ3) is 5.38. The molecule has 0 aliphatic carbocycles. The molecule has 4 aromatic heterocycles. The van der Waals surface area contributed by atoms with Crippen LogP contribution in [0, 0.1) is 6.92 Å². The van der Waals surface area contributed by atoms with Gasteiger partial charge >= 0.3 is 6.09 Å². The van der Waals surface area contributed by atoms with Crippen LogP contribution in [-0.4, -0.2) is 30.6 Å². The minimum atomic E-state index is -0.542. The maximum Gasteiger partial charge on any atom is 0.407 e. The normalized spacial score (nSPS) is 11.7. The number of ether oxygens (including phenoxy) is 1. The summed E-state index contributed by atoms with van der Waals surface area (Å²) >= 11 is 0. The second kappa shape index (κ2) is 9.54. The van der Waals surface area contributed by atoms with E-state index in [0.717, 1.165) is 39.0 Å². The van der Waals surface area contributed by atoms with Gasteiger partial charge in [-0.25, -0.2) is 9.78 Å². The SMILES string of the molecule is Cc1ccc2nc(Cn3ccc4c(-c5ccc(CNC(=O)OC(C)(C)C)cc5)cncc4c3=O)cn2c1. The van der Waals surface area contributed by atoms with Crippen LogP contribution in [0.25, 0.3) is 27.5 Å². The number of rotatable bonds is 5. The zero-order valence-electron chi connectivity index (χ0n) is 21.4. The number of fused-ring (bicyclic) bond motifs is 2. The Kier molecular flexibility index (Phi) is 6.25. The fourth-order valence-corrected chi connectivity index (χ4v) is 4.26. The molecule has 8 nitrogen and oxygen atoms in total. The first-order chi connectivity index (χ1) is 17.7. The largest absolute Gasteiger partial charge is 0.444 e. The van der Waals surface area contributed by atoms with Crippen LogP contribution in [0.3, 0.4) is 0 Å². The monoisotopic (exact) mass is 495 g/mol. The maximum atomic E-state index is 13.3. The molecule has 5 rings (SSSR count). The second-order valence-corrected chi connectivity index (χ2v) is 10.2. The van der Waals surface area contributed by atoms with E-state index in [2.05, 4.69) is 15.3 Å². The van der Waals surface area contributed by atoms with Gasteiger partial charge in [-0.15, -0.1) is 0 Å². The van der Waals surface area contributed by atoms with Gasteiger partial charge in [0.2, 0.25) is 0 Å². The number of nitrogens with one attached hydrogen (secondary N) is 1. The van der Waals surface area contributed by atoms with E-state index < -0.39 is 11.7 Å². The summed E-state index contributed by atoms with van der Waals surface area (Å²) in [6.45, 7) is 8.25. The van der Waals surface area contributed by atoms with Crippen molar-refractivity contribution in [3.63, 3.8) is 0 Å². The molecule has 0 unspecified atom stereocenters. The fraction of sp³-hybridized carbons (Fsp3) is 0.241. The molecule has 0 spiro atoms. The van der Waals surface area contributed by atoms with Gasteiger partial charge < -0.3 is 19.0 Å². The highest BCUT2D eigenvalue weighted by molar-refractivity contribution is 5.95. The molecule has 0 radical (unpaired) electrons. The summed E-state index contributed by atoms with van der Waals surface area (Å²) in [6, 6.07) is 13.8. The predicted octanol–water partition coefficient (Wildman–Crippen LogP) is 5.09. The van der Waals surface area contributed by atoms with Crippen molar-refractivity contribution in [3.8, 4) is 11.1 Å². The summed E-state index contributed by atoms with van der Waals surface area (Å²) in [6.07, 6.45) is 8.71. The van der Waals surface area contributed by atoms with Crippen molar-refractivity contribution >= 4 is 22.5 Å². The molecule has 1 aromatic carbocycles. The number of alkyl carbamates (subject to hydrolysis) is 1. The Balaban J connectivity index is 1.37. The van der Waals surface area contributed by atoms with Crippen LogP contribution < -0.4 is 10.9 Å². The summed E-state index contributed by atoms with van der Waals surface area (Å²) in [5.74, 6) is 0. The van der Waals surface area contributed by atoms with E-state index in [1.807, 2.05) is 93.2 Å². The lowest BCUT2D eigenvalue weighted by molar-refractivity contribution is 0.0523. The third-order valence-corrected chi connectivity index (χ3v) is 5.98. The van der Waals surface area contributed by atoms with Gasteiger partial charge in [-0.1, -0.05) is 30.3 Å². The Morgan fingerprint density at radius 3 is 2.54 bits per heavy atom. The Morgan fingerprint density at radius 1 is 1.00 bits per heavy atom. The molecule has 1 N–H and O–H groups in total. The summed E-state index contributed by atoms with van der Waals surface area (Å²) < 4.78 is 8.92. The van der Waals surface area contributed by atoms with E-state index in [-0.39, 0.29) is 5.56 Å². The molecule has 0 bridgehead atoms. The third-order valence-electron chi connectivity index (χ3n) is 5.98. The average molecular weight is 496 g/mol. The van der Waals surface area contributed by atoms with Gasteiger partial charge in [-0.2, -0.15) is 0 Å². The lowest BCUT2D eigenvalue weighted by atomic mass is 10.0. The molecule has 8 heteroatoms. The highest BCUT2D eigenvalue weighted by atomic mass is 16.6. The summed E-state index contributed by atoms with van der Waals surface area (Å²) in [4.78, 5) is 34.2. The molecule has 0 atom stereocenters. The van der Waals surface area contributed by atoms with Crippen LogP contribution >= 0.6 is 0 Å². The van der Waals surface area contributed by atoms with Crippen molar-refractivity contribution < 1.29 is 9.53 Å². The van der Waals surface area contributed by atoms with Crippen LogP contribution in [0.2, 0.25) is 0 Å². The number of carbonyl (C=O) groups excluding carboxylic acids is 1. The number of hydrogen-bond donors (Lipinski definition) is 1. The molecule has 0 aliphatic rings. The number of amides is 1. The summed E-state index contributed by atoms with van der Waals surface area (Å²) in [5.41, 5.74) is 4.90. The van der Waals surface area contributed by atoms with Crippen molar-refractivity contribution in [1.29, 1.82) is 0 Å². The number of benzene rings is 1. The first-order valence-electron chi connectivity index (χ1n) is 12.1. The average Bonchev–Trinajstić information content (AvgIpc) is 3.25. The van der Waals surface area contributed by atoms with Crippen LogP contribution in [0.5, 0.6) is 0 Å². The second-order valence-electron chi connectivity index (χ2n) is 10.2. The summed E-state index contributed by atoms with van der Waals surface area (Å²) in [7, 11) is 0. The first kappa shape index (κ1) is 24.2. The molecule has 1 amide bonds. The minimum absolute atomic E-state index is 0.113. The van der Waals surface area contributed by atoms with Gasteiger partial charge in [-0.3, -0.25) is 9.78 Å². The number of imidazole rings is 1. The quantitative estimate of drug-likeness (QED) is 0.367. The van der Waals surface area contributed by atoms with E-state index in [4.69, 9.17) is 4.74 Å². The molecular formula is C29H29N5O3. The number of aromatic nitrogens is 4. The van der Waals surface area contributed by atoms with Crippen molar-refractivity contribution in [2.75, 3.05) is 0 Å². The topological polar surface area (TPSA) is 90.5 Å². The fourth-order valence-electron chi connectivity index (χ4n) is 4.26. The van der Waals surface area contributed by atoms with E-state index in [1.165, 1.54) is 0 Å². The number of aryl methyl sites for hydroxylation is 1. The van der Waals surface area contributed by atoms with Crippen molar-refractivity contribution in [3.05, 3.63) is 101 Å². The van der Waals surface area contributed by atoms with Crippen LogP contribution in [0.15, 0.2) is 78.2 Å². The smallest absolute Gasteiger partial charge is 0.407 e. The van der Waals surface area contributed by atoms with Crippen LogP contribution in [0.4, 0.5) is 4.79 Å². The van der Waals surface area contributed by atoms with Gasteiger partial charge in [0, 0.05) is 43.1 Å². The first-order valence-corrected chi connectivity index (χ1v) is 12.1. The molecule has 5 aromatic rings. The molecule has 0 fully saturated rings. The molecule has 37 heavy (non-hydrogen) atoms. The Bertz CT molecular complexity index is 1660. The number of hydrogen-bond acceptors (Lipinski definition) is 5. The highest BCUT2D eigenvalue weighted by Gasteiger charge is 2.16. The number of pyridine rings is 3. The van der Waals surface area contributed by atoms with E-state index in [0.29, 0.717) is 18.5 Å². The lowest BCUT2D eigenvalue weighted by Crippen LogP contribution is -2.32. The Labute approximate surface area is 214 Å². The molecule has 0 saturated carbocycles. The molecule has 4 heterocycles. The summed E-state index contributed by atoms with van der Waals surface area (Å²) in [5, 5.41) is 4.15. The zero-order chi connectivity index (χ0) is 26.2. The predicted molar refractivity (Wildman–Crippen MR) is 144 cm³/mol. The van der Waals surface area contributed by atoms with Crippen molar-refractivity contribution in [2.24, 2.45) is 0 Å². The highest BCUT2D eigenvalue weighted by Crippen LogP contribution is 2.26. The van der Waals surface area contributed by atoms with Gasteiger partial charge in [-0.05, 0) is 61.9 Å². The Hall–Kier alpha value is -4.46. The van der Waals surface area contributed by atoms with Gasteiger partial charge in [0.1, 0.15) is 11.2 Å². The van der Waals surface area contributed by atoms with E-state index >= 15 is 0 Å². The van der Waals surface area contributed by atoms with Gasteiger partial charge in [0.25, 0.3) is 5.56 Å². The zero-order valence-corrected chi connectivity index (χ0v) is 21.4. The Morgan fingerprint density at radius 2 is 1.78 bits per heavy atom. The van der Waals surface area contributed by atoms with E-state index in [9.17, 15) is 9.59 Å². The molecule has 0 aliphatic heterocycles. The van der Waals surface area contributed by atoms with Crippen LogP contribution in [0.1, 0.15) is 37.6 Å². The number of carbonyl (C=O) groups is 1. The van der Waals surface area contributed by atoms with Crippen molar-refractivity contribution in [2.45, 2.75) is 46.4 Å². The van der Waals surface area contributed by atoms with Crippen molar-refractivity contribution in [1.82, 2.24) is 24.3 Å². The molecular weight excluding hydrogens is 466 g/mol. The van der Waals surface area contributed by atoms with Gasteiger partial charge in [0.05, 0.1) is 17.6 Å². The molecule has 0 saturated heterocycles. The lowest BCUT2D eigenvalue weighted by Gasteiger charge is -2.19. The minimum Gasteiger partial charge on any atom is -0.444 e. The number of nitrogens with zero attached hydrogens (tertiary/aromatic N) is 4. The standard InChI is InChI=1S/C29H29N5O3/c1-19-5-10-26-32-22(18-34(26)16-19)17-33-12-11-23-24(14-30-15-25(23)27(33)35)21-8-6-20(7-9-21)13-31-28(36)37-29(2,3)4/h5-12,14-16,18H,13,17H2,1-4H3,(H,31,36).